The highest BCUT2D eigenvalue weighted by molar-refractivity contribution is 5.92. The highest BCUT2D eigenvalue weighted by atomic mass is 16.4. The third-order valence-corrected chi connectivity index (χ3v) is 4.53. The number of furan rings is 1. The van der Waals surface area contributed by atoms with Gasteiger partial charge in [-0.1, -0.05) is 19.3 Å². The quantitative estimate of drug-likeness (QED) is 0.757. The van der Waals surface area contributed by atoms with E-state index in [0.29, 0.717) is 17.5 Å². The second kappa shape index (κ2) is 6.93. The molecule has 6 heteroatoms. The predicted molar refractivity (Wildman–Crippen MR) is 92.6 cm³/mol. The average molecular weight is 337 g/mol. The molecule has 0 atom stereocenters. The van der Waals surface area contributed by atoms with Crippen molar-refractivity contribution in [2.75, 3.05) is 5.32 Å². The Morgan fingerprint density at radius 1 is 1.00 bits per heavy atom. The number of anilines is 1. The number of carbonyl (C=O) groups is 1. The minimum atomic E-state index is 0.116. The highest BCUT2D eigenvalue weighted by Gasteiger charge is 2.21. The zero-order valence-corrected chi connectivity index (χ0v) is 13.8. The summed E-state index contributed by atoms with van der Waals surface area (Å²) in [6.45, 7) is 0. The molecular weight excluding hydrogens is 318 g/mol. The van der Waals surface area contributed by atoms with E-state index in [2.05, 4.69) is 15.5 Å². The molecule has 128 valence electrons. The maximum absolute atomic E-state index is 12.3. The first-order valence-electron chi connectivity index (χ1n) is 8.58. The minimum Gasteiger partial charge on any atom is -0.459 e. The van der Waals surface area contributed by atoms with Gasteiger partial charge in [0.2, 0.25) is 11.8 Å². The molecule has 2 aromatic heterocycles. The molecule has 1 aliphatic carbocycles. The molecule has 6 nitrogen and oxygen atoms in total. The molecule has 1 fully saturated rings. The second-order valence-electron chi connectivity index (χ2n) is 6.29. The molecular formula is C19H19N3O3. The molecule has 1 aliphatic rings. The summed E-state index contributed by atoms with van der Waals surface area (Å²) in [6, 6.07) is 11.0. The lowest BCUT2D eigenvalue weighted by molar-refractivity contribution is -0.120. The predicted octanol–water partition coefficient (Wildman–Crippen LogP) is 4.52. The molecule has 2 heterocycles. The van der Waals surface area contributed by atoms with Crippen LogP contribution in [0.15, 0.2) is 51.5 Å². The lowest BCUT2D eigenvalue weighted by Gasteiger charge is -2.20. The molecule has 0 spiro atoms. The number of benzene rings is 1. The minimum absolute atomic E-state index is 0.116. The van der Waals surface area contributed by atoms with Gasteiger partial charge in [0.15, 0.2) is 5.76 Å². The maximum Gasteiger partial charge on any atom is 0.283 e. The van der Waals surface area contributed by atoms with E-state index >= 15 is 0 Å². The summed E-state index contributed by atoms with van der Waals surface area (Å²) in [5, 5.41) is 11.0. The Labute approximate surface area is 145 Å². The van der Waals surface area contributed by atoms with Gasteiger partial charge in [0.1, 0.15) is 0 Å². The standard InChI is InChI=1S/C19H19N3O3/c23-17(13-5-2-1-3-6-13)20-15-10-8-14(9-11-15)18-21-22-19(25-18)16-7-4-12-24-16/h4,7-13H,1-3,5-6H2,(H,20,23). The van der Waals surface area contributed by atoms with Gasteiger partial charge in [-0.2, -0.15) is 0 Å². The van der Waals surface area contributed by atoms with Gasteiger partial charge in [-0.15, -0.1) is 10.2 Å². The van der Waals surface area contributed by atoms with E-state index in [1.165, 1.54) is 6.42 Å². The summed E-state index contributed by atoms with van der Waals surface area (Å²) < 4.78 is 10.9. The zero-order chi connectivity index (χ0) is 17.1. The van der Waals surface area contributed by atoms with Crippen LogP contribution in [0.3, 0.4) is 0 Å². The maximum atomic E-state index is 12.3. The molecule has 1 N–H and O–H groups in total. The van der Waals surface area contributed by atoms with Gasteiger partial charge in [-0.05, 0) is 49.2 Å². The van der Waals surface area contributed by atoms with Gasteiger partial charge < -0.3 is 14.2 Å². The number of carbonyl (C=O) groups excluding carboxylic acids is 1. The Morgan fingerprint density at radius 3 is 2.48 bits per heavy atom. The lowest BCUT2D eigenvalue weighted by Crippen LogP contribution is -2.24. The molecule has 1 aromatic carbocycles. The van der Waals surface area contributed by atoms with Crippen molar-refractivity contribution in [3.05, 3.63) is 42.7 Å². The van der Waals surface area contributed by atoms with Crippen LogP contribution < -0.4 is 5.32 Å². The Morgan fingerprint density at radius 2 is 1.76 bits per heavy atom. The molecule has 0 unspecified atom stereocenters. The van der Waals surface area contributed by atoms with E-state index in [0.717, 1.165) is 36.9 Å². The first-order chi connectivity index (χ1) is 12.3. The van der Waals surface area contributed by atoms with Crippen LogP contribution in [0.1, 0.15) is 32.1 Å². The summed E-state index contributed by atoms with van der Waals surface area (Å²) in [4.78, 5) is 12.3. The third kappa shape index (κ3) is 3.47. The fraction of sp³-hybridized carbons (Fsp3) is 0.316. The lowest BCUT2D eigenvalue weighted by atomic mass is 9.88. The van der Waals surface area contributed by atoms with E-state index < -0.39 is 0 Å². The van der Waals surface area contributed by atoms with Gasteiger partial charge >= 0.3 is 0 Å². The van der Waals surface area contributed by atoms with Crippen LogP contribution in [0.25, 0.3) is 23.1 Å². The van der Waals surface area contributed by atoms with Crippen LogP contribution >= 0.6 is 0 Å². The summed E-state index contributed by atoms with van der Waals surface area (Å²) in [6.07, 6.45) is 7.06. The smallest absolute Gasteiger partial charge is 0.283 e. The van der Waals surface area contributed by atoms with Crippen LogP contribution in [0.4, 0.5) is 5.69 Å². The topological polar surface area (TPSA) is 81.2 Å². The van der Waals surface area contributed by atoms with Gasteiger partial charge in [0.05, 0.1) is 6.26 Å². The third-order valence-electron chi connectivity index (χ3n) is 4.53. The van der Waals surface area contributed by atoms with E-state index in [9.17, 15) is 4.79 Å². The fourth-order valence-corrected chi connectivity index (χ4v) is 3.14. The molecule has 1 amide bonds. The summed E-state index contributed by atoms with van der Waals surface area (Å²) in [5.74, 6) is 1.55. The SMILES string of the molecule is O=C(Nc1ccc(-c2nnc(-c3ccco3)o2)cc1)C1CCCCC1. The normalized spacial score (nSPS) is 15.2. The Kier molecular flexibility index (Phi) is 4.33. The molecule has 1 saturated carbocycles. The van der Waals surface area contributed by atoms with Crippen LogP contribution in [0, 0.1) is 5.92 Å². The van der Waals surface area contributed by atoms with Crippen molar-refractivity contribution in [3.8, 4) is 23.1 Å². The van der Waals surface area contributed by atoms with Crippen molar-refractivity contribution in [3.63, 3.8) is 0 Å². The Balaban J connectivity index is 1.44. The molecule has 25 heavy (non-hydrogen) atoms. The second-order valence-corrected chi connectivity index (χ2v) is 6.29. The van der Waals surface area contributed by atoms with Crippen LogP contribution in [-0.4, -0.2) is 16.1 Å². The Bertz CT molecular complexity index is 831. The number of nitrogens with zero attached hydrogens (tertiary/aromatic N) is 2. The highest BCUT2D eigenvalue weighted by Crippen LogP contribution is 2.27. The van der Waals surface area contributed by atoms with Crippen molar-refractivity contribution < 1.29 is 13.6 Å². The molecule has 0 bridgehead atoms. The molecule has 0 saturated heterocycles. The number of hydrogen-bond acceptors (Lipinski definition) is 5. The number of aromatic nitrogens is 2. The van der Waals surface area contributed by atoms with E-state index in [-0.39, 0.29) is 11.8 Å². The summed E-state index contributed by atoms with van der Waals surface area (Å²) in [5.41, 5.74) is 1.58. The fourth-order valence-electron chi connectivity index (χ4n) is 3.14. The number of nitrogens with one attached hydrogen (secondary N) is 1. The van der Waals surface area contributed by atoms with Gasteiger partial charge in [-0.3, -0.25) is 4.79 Å². The van der Waals surface area contributed by atoms with E-state index in [4.69, 9.17) is 8.83 Å². The van der Waals surface area contributed by atoms with Gasteiger partial charge in [-0.25, -0.2) is 0 Å². The molecule has 4 rings (SSSR count). The van der Waals surface area contributed by atoms with Crippen LogP contribution in [-0.2, 0) is 4.79 Å². The molecule has 3 aromatic rings. The first kappa shape index (κ1) is 15.6. The van der Waals surface area contributed by atoms with Gasteiger partial charge in [0.25, 0.3) is 5.89 Å². The van der Waals surface area contributed by atoms with E-state index in [1.54, 1.807) is 18.4 Å². The zero-order valence-electron chi connectivity index (χ0n) is 13.8. The monoisotopic (exact) mass is 337 g/mol. The van der Waals surface area contributed by atoms with Crippen LogP contribution in [0.2, 0.25) is 0 Å². The van der Waals surface area contributed by atoms with Crippen molar-refractivity contribution in [1.82, 2.24) is 10.2 Å². The van der Waals surface area contributed by atoms with E-state index in [1.807, 2.05) is 24.3 Å². The number of hydrogen-bond donors (Lipinski definition) is 1. The molecule has 0 aliphatic heterocycles. The van der Waals surface area contributed by atoms with Crippen molar-refractivity contribution in [2.24, 2.45) is 5.92 Å². The summed E-state index contributed by atoms with van der Waals surface area (Å²) in [7, 11) is 0. The van der Waals surface area contributed by atoms with Gasteiger partial charge in [0, 0.05) is 17.2 Å². The van der Waals surface area contributed by atoms with Crippen LogP contribution in [0.5, 0.6) is 0 Å². The number of rotatable bonds is 4. The average Bonchev–Trinajstić information content (AvgIpc) is 3.35. The van der Waals surface area contributed by atoms with Crippen molar-refractivity contribution >= 4 is 11.6 Å². The Hall–Kier alpha value is -2.89. The number of amides is 1. The largest absolute Gasteiger partial charge is 0.459 e. The van der Waals surface area contributed by atoms with Crippen molar-refractivity contribution in [1.29, 1.82) is 0 Å². The molecule has 0 radical (unpaired) electrons. The first-order valence-corrected chi connectivity index (χ1v) is 8.58. The summed E-state index contributed by atoms with van der Waals surface area (Å²) >= 11 is 0. The van der Waals surface area contributed by atoms with Crippen molar-refractivity contribution in [2.45, 2.75) is 32.1 Å².